The lowest BCUT2D eigenvalue weighted by molar-refractivity contribution is 0.102. The van der Waals surface area contributed by atoms with Gasteiger partial charge in [-0.2, -0.15) is 0 Å². The molecule has 0 spiro atoms. The van der Waals surface area contributed by atoms with E-state index in [9.17, 15) is 4.79 Å². The molecule has 26 heavy (non-hydrogen) atoms. The second-order valence-corrected chi connectivity index (χ2v) is 5.79. The smallest absolute Gasteiger partial charge is 0.274 e. The Labute approximate surface area is 153 Å². The second-order valence-electron chi connectivity index (χ2n) is 5.79. The molecule has 0 aliphatic carbocycles. The summed E-state index contributed by atoms with van der Waals surface area (Å²) in [5.74, 6) is 0.418. The molecule has 5 heteroatoms. The van der Waals surface area contributed by atoms with Gasteiger partial charge in [-0.25, -0.2) is 4.98 Å². The standard InChI is InChI=1S/C21H21N3O2/c1-3-15-7-9-16(10-8-15)23-18-11-12-20(22-14-18)21(25)24-17-5-4-6-19(13-17)26-2/h4-14,23H,3H2,1-2H3,(H,24,25). The molecule has 0 radical (unpaired) electrons. The van der Waals surface area contributed by atoms with Crippen LogP contribution < -0.4 is 15.4 Å². The van der Waals surface area contributed by atoms with Gasteiger partial charge in [-0.15, -0.1) is 0 Å². The Morgan fingerprint density at radius 2 is 1.77 bits per heavy atom. The maximum atomic E-state index is 12.3. The van der Waals surface area contributed by atoms with Crippen LogP contribution in [-0.2, 0) is 6.42 Å². The zero-order valence-corrected chi connectivity index (χ0v) is 14.8. The number of amides is 1. The van der Waals surface area contributed by atoms with Crippen LogP contribution in [0, 0.1) is 0 Å². The fourth-order valence-corrected chi connectivity index (χ4v) is 2.49. The predicted molar refractivity (Wildman–Crippen MR) is 104 cm³/mol. The van der Waals surface area contributed by atoms with Crippen LogP contribution in [0.15, 0.2) is 66.9 Å². The third kappa shape index (κ3) is 4.39. The van der Waals surface area contributed by atoms with Gasteiger partial charge in [-0.1, -0.05) is 25.1 Å². The number of pyridine rings is 1. The maximum absolute atomic E-state index is 12.3. The number of nitrogens with zero attached hydrogens (tertiary/aromatic N) is 1. The van der Waals surface area contributed by atoms with Crippen LogP contribution in [0.3, 0.4) is 0 Å². The molecule has 132 valence electrons. The zero-order valence-electron chi connectivity index (χ0n) is 14.8. The van der Waals surface area contributed by atoms with Crippen molar-refractivity contribution in [1.29, 1.82) is 0 Å². The summed E-state index contributed by atoms with van der Waals surface area (Å²) >= 11 is 0. The van der Waals surface area contributed by atoms with Crippen LogP contribution in [0.1, 0.15) is 23.0 Å². The van der Waals surface area contributed by atoms with Crippen LogP contribution >= 0.6 is 0 Å². The normalized spacial score (nSPS) is 10.2. The topological polar surface area (TPSA) is 63.2 Å². The lowest BCUT2D eigenvalue weighted by Gasteiger charge is -2.09. The molecule has 0 bridgehead atoms. The average molecular weight is 347 g/mol. The first kappa shape index (κ1) is 17.5. The van der Waals surface area contributed by atoms with Crippen molar-refractivity contribution in [1.82, 2.24) is 4.98 Å². The first-order valence-corrected chi connectivity index (χ1v) is 8.45. The third-order valence-corrected chi connectivity index (χ3v) is 3.97. The van der Waals surface area contributed by atoms with Crippen LogP contribution in [0.4, 0.5) is 17.1 Å². The maximum Gasteiger partial charge on any atom is 0.274 e. The van der Waals surface area contributed by atoms with E-state index in [1.54, 1.807) is 31.5 Å². The van der Waals surface area contributed by atoms with E-state index in [0.29, 0.717) is 17.1 Å². The van der Waals surface area contributed by atoms with Gasteiger partial charge in [0.15, 0.2) is 0 Å². The van der Waals surface area contributed by atoms with Crippen molar-refractivity contribution in [2.24, 2.45) is 0 Å². The van der Waals surface area contributed by atoms with Gasteiger partial charge >= 0.3 is 0 Å². The number of carbonyl (C=O) groups excluding carboxylic acids is 1. The van der Waals surface area contributed by atoms with Crippen LogP contribution in [0.25, 0.3) is 0 Å². The number of aromatic nitrogens is 1. The zero-order chi connectivity index (χ0) is 18.4. The molecule has 1 heterocycles. The van der Waals surface area contributed by atoms with E-state index in [4.69, 9.17) is 4.74 Å². The van der Waals surface area contributed by atoms with E-state index in [0.717, 1.165) is 17.8 Å². The van der Waals surface area contributed by atoms with Gasteiger partial charge in [0.05, 0.1) is 19.0 Å². The van der Waals surface area contributed by atoms with Gasteiger partial charge in [-0.05, 0) is 48.4 Å². The lowest BCUT2D eigenvalue weighted by atomic mass is 10.1. The van der Waals surface area contributed by atoms with Crippen LogP contribution in [0.2, 0.25) is 0 Å². The largest absolute Gasteiger partial charge is 0.497 e. The summed E-state index contributed by atoms with van der Waals surface area (Å²) in [7, 11) is 1.59. The number of hydrogen-bond donors (Lipinski definition) is 2. The number of aryl methyl sites for hydroxylation is 1. The van der Waals surface area contributed by atoms with Crippen LogP contribution in [-0.4, -0.2) is 18.0 Å². The van der Waals surface area contributed by atoms with Crippen molar-refractivity contribution in [3.05, 3.63) is 78.1 Å². The molecule has 3 rings (SSSR count). The summed E-state index contributed by atoms with van der Waals surface area (Å²) in [6.45, 7) is 2.13. The lowest BCUT2D eigenvalue weighted by Crippen LogP contribution is -2.13. The second kappa shape index (κ2) is 8.16. The molecule has 0 unspecified atom stereocenters. The Morgan fingerprint density at radius 1 is 1.00 bits per heavy atom. The van der Waals surface area contributed by atoms with Gasteiger partial charge in [0.25, 0.3) is 5.91 Å². The quantitative estimate of drug-likeness (QED) is 0.681. The molecular weight excluding hydrogens is 326 g/mol. The number of carbonyl (C=O) groups is 1. The summed E-state index contributed by atoms with van der Waals surface area (Å²) in [5.41, 5.74) is 4.11. The SMILES string of the molecule is CCc1ccc(Nc2ccc(C(=O)Nc3cccc(OC)c3)nc2)cc1. The van der Waals surface area contributed by atoms with E-state index in [1.807, 2.05) is 30.3 Å². The average Bonchev–Trinajstić information content (AvgIpc) is 2.69. The Hall–Kier alpha value is -3.34. The van der Waals surface area contributed by atoms with E-state index in [2.05, 4.69) is 34.7 Å². The molecule has 0 aliphatic heterocycles. The Bertz CT molecular complexity index is 875. The highest BCUT2D eigenvalue weighted by atomic mass is 16.5. The first-order chi connectivity index (χ1) is 12.7. The van der Waals surface area contributed by atoms with Crippen molar-refractivity contribution < 1.29 is 9.53 Å². The van der Waals surface area contributed by atoms with Crippen LogP contribution in [0.5, 0.6) is 5.75 Å². The highest BCUT2D eigenvalue weighted by Gasteiger charge is 2.08. The molecule has 2 aromatic carbocycles. The first-order valence-electron chi connectivity index (χ1n) is 8.45. The predicted octanol–water partition coefficient (Wildman–Crippen LogP) is 4.65. The van der Waals surface area contributed by atoms with Gasteiger partial charge < -0.3 is 15.4 Å². The fourth-order valence-electron chi connectivity index (χ4n) is 2.49. The van der Waals surface area contributed by atoms with E-state index >= 15 is 0 Å². The van der Waals surface area contributed by atoms with Gasteiger partial charge in [0, 0.05) is 17.4 Å². The van der Waals surface area contributed by atoms with Crippen molar-refractivity contribution in [2.45, 2.75) is 13.3 Å². The molecular formula is C21H21N3O2. The van der Waals surface area contributed by atoms with E-state index in [1.165, 1.54) is 5.56 Å². The van der Waals surface area contributed by atoms with Gasteiger partial charge in [0.1, 0.15) is 11.4 Å². The van der Waals surface area contributed by atoms with Crippen molar-refractivity contribution in [3.8, 4) is 5.75 Å². The molecule has 1 amide bonds. The summed E-state index contributed by atoms with van der Waals surface area (Å²) in [5, 5.41) is 6.09. The molecule has 5 nitrogen and oxygen atoms in total. The van der Waals surface area contributed by atoms with Gasteiger partial charge in [0.2, 0.25) is 0 Å². The minimum absolute atomic E-state index is 0.267. The number of anilines is 3. The molecule has 0 aliphatic rings. The minimum atomic E-state index is -0.267. The Kier molecular flexibility index (Phi) is 5.49. The molecule has 0 atom stereocenters. The van der Waals surface area contributed by atoms with Crippen molar-refractivity contribution in [3.63, 3.8) is 0 Å². The van der Waals surface area contributed by atoms with E-state index < -0.39 is 0 Å². The van der Waals surface area contributed by atoms with E-state index in [-0.39, 0.29) is 5.91 Å². The summed E-state index contributed by atoms with van der Waals surface area (Å²) in [6, 6.07) is 19.0. The molecule has 1 aromatic heterocycles. The summed E-state index contributed by atoms with van der Waals surface area (Å²) < 4.78 is 5.15. The molecule has 3 aromatic rings. The number of hydrogen-bond acceptors (Lipinski definition) is 4. The molecule has 0 saturated carbocycles. The highest BCUT2D eigenvalue weighted by molar-refractivity contribution is 6.03. The summed E-state index contributed by atoms with van der Waals surface area (Å²) in [6.07, 6.45) is 2.66. The third-order valence-electron chi connectivity index (χ3n) is 3.97. The monoisotopic (exact) mass is 347 g/mol. The summed E-state index contributed by atoms with van der Waals surface area (Å²) in [4.78, 5) is 16.6. The Morgan fingerprint density at radius 3 is 2.42 bits per heavy atom. The molecule has 2 N–H and O–H groups in total. The number of benzene rings is 2. The fraction of sp³-hybridized carbons (Fsp3) is 0.143. The number of rotatable bonds is 6. The minimum Gasteiger partial charge on any atom is -0.497 e. The van der Waals surface area contributed by atoms with Gasteiger partial charge in [-0.3, -0.25) is 4.79 Å². The Balaban J connectivity index is 1.65. The van der Waals surface area contributed by atoms with Crippen molar-refractivity contribution in [2.75, 3.05) is 17.7 Å². The molecule has 0 saturated heterocycles. The van der Waals surface area contributed by atoms with Crippen molar-refractivity contribution >= 4 is 23.0 Å². The number of nitrogens with one attached hydrogen (secondary N) is 2. The highest BCUT2D eigenvalue weighted by Crippen LogP contribution is 2.19. The molecule has 0 fully saturated rings. The number of ether oxygens (including phenoxy) is 1. The number of methoxy groups -OCH3 is 1.